The number of rotatable bonds is 4. The van der Waals surface area contributed by atoms with E-state index >= 15 is 0 Å². The fraction of sp³-hybridized carbons (Fsp3) is 0.643. The summed E-state index contributed by atoms with van der Waals surface area (Å²) in [6.45, 7) is 5.50. The fourth-order valence-electron chi connectivity index (χ4n) is 2.74. The van der Waals surface area contributed by atoms with Crippen molar-refractivity contribution in [1.29, 1.82) is 0 Å². The first-order valence-electron chi connectivity index (χ1n) is 7.17. The minimum atomic E-state index is -3.09. The van der Waals surface area contributed by atoms with Crippen LogP contribution in [0, 0.1) is 19.8 Å². The predicted octanol–water partition coefficient (Wildman–Crippen LogP) is 1.03. The Balaban J connectivity index is 1.82. The van der Waals surface area contributed by atoms with Gasteiger partial charge in [-0.3, -0.25) is 4.79 Å². The Hall–Kier alpha value is -1.34. The highest BCUT2D eigenvalue weighted by Gasteiger charge is 2.25. The largest absolute Gasteiger partial charge is 0.354 e. The van der Waals surface area contributed by atoms with Gasteiger partial charge in [0.2, 0.25) is 10.0 Å². The van der Waals surface area contributed by atoms with Crippen molar-refractivity contribution in [3.05, 3.63) is 23.0 Å². The maximum absolute atomic E-state index is 12.1. The lowest BCUT2D eigenvalue weighted by Crippen LogP contribution is -2.41. The number of amides is 1. The Kier molecular flexibility index (Phi) is 4.73. The van der Waals surface area contributed by atoms with Gasteiger partial charge >= 0.3 is 0 Å². The summed E-state index contributed by atoms with van der Waals surface area (Å²) in [5.74, 6) is 0.245. The summed E-state index contributed by atoms with van der Waals surface area (Å²) in [6, 6.07) is 1.94. The fourth-order valence-corrected chi connectivity index (χ4v) is 3.61. The molecule has 1 fully saturated rings. The number of carbonyl (C=O) groups excluding carboxylic acids is 1. The normalized spacial score (nSPS) is 17.9. The van der Waals surface area contributed by atoms with Crippen LogP contribution in [0.25, 0.3) is 0 Å². The molecular weight excluding hydrogens is 290 g/mol. The lowest BCUT2D eigenvalue weighted by atomic mass is 9.98. The van der Waals surface area contributed by atoms with Gasteiger partial charge in [-0.25, -0.2) is 12.7 Å². The van der Waals surface area contributed by atoms with E-state index in [-0.39, 0.29) is 5.91 Å². The third-order valence-electron chi connectivity index (χ3n) is 3.97. The van der Waals surface area contributed by atoms with E-state index in [1.165, 1.54) is 10.6 Å². The second-order valence-corrected chi connectivity index (χ2v) is 7.81. The van der Waals surface area contributed by atoms with E-state index in [0.29, 0.717) is 31.2 Å². The van der Waals surface area contributed by atoms with E-state index in [4.69, 9.17) is 0 Å². The van der Waals surface area contributed by atoms with Crippen molar-refractivity contribution < 1.29 is 13.2 Å². The molecule has 6 nitrogen and oxygen atoms in total. The van der Waals surface area contributed by atoms with Gasteiger partial charge in [0.25, 0.3) is 5.91 Å². The third-order valence-corrected chi connectivity index (χ3v) is 5.27. The average molecular weight is 313 g/mol. The van der Waals surface area contributed by atoms with Crippen LogP contribution >= 0.6 is 0 Å². The quantitative estimate of drug-likeness (QED) is 0.871. The molecule has 2 rings (SSSR count). The average Bonchev–Trinajstić information content (AvgIpc) is 2.74. The molecule has 118 valence electrons. The number of aromatic amines is 1. The van der Waals surface area contributed by atoms with E-state index in [9.17, 15) is 13.2 Å². The van der Waals surface area contributed by atoms with E-state index in [2.05, 4.69) is 10.3 Å². The number of aryl methyl sites for hydroxylation is 2. The minimum absolute atomic E-state index is 0.0915. The number of carbonyl (C=O) groups is 1. The summed E-state index contributed by atoms with van der Waals surface area (Å²) in [5, 5.41) is 2.94. The molecule has 2 heterocycles. The van der Waals surface area contributed by atoms with Crippen LogP contribution < -0.4 is 5.32 Å². The number of hydrogen-bond acceptors (Lipinski definition) is 3. The molecule has 0 aromatic carbocycles. The van der Waals surface area contributed by atoms with Crippen LogP contribution in [-0.4, -0.2) is 49.5 Å². The molecule has 0 unspecified atom stereocenters. The number of nitrogens with one attached hydrogen (secondary N) is 2. The monoisotopic (exact) mass is 313 g/mol. The van der Waals surface area contributed by atoms with Crippen molar-refractivity contribution in [3.63, 3.8) is 0 Å². The van der Waals surface area contributed by atoms with Gasteiger partial charge < -0.3 is 10.3 Å². The zero-order chi connectivity index (χ0) is 15.6. The molecule has 1 amide bonds. The van der Waals surface area contributed by atoms with Gasteiger partial charge in [0, 0.05) is 25.3 Å². The standard InChI is InChI=1S/C14H23N3O3S/c1-10-8-11(2)16-13(10)14(18)15-9-12-4-6-17(7-5-12)21(3,19)20/h8,12,16H,4-7,9H2,1-3H3,(H,15,18). The predicted molar refractivity (Wildman–Crippen MR) is 81.7 cm³/mol. The van der Waals surface area contributed by atoms with Crippen molar-refractivity contribution in [2.75, 3.05) is 25.9 Å². The van der Waals surface area contributed by atoms with Crippen molar-refractivity contribution in [2.45, 2.75) is 26.7 Å². The van der Waals surface area contributed by atoms with Crippen LogP contribution in [0.4, 0.5) is 0 Å². The van der Waals surface area contributed by atoms with Crippen molar-refractivity contribution in [1.82, 2.24) is 14.6 Å². The van der Waals surface area contributed by atoms with E-state index < -0.39 is 10.0 Å². The van der Waals surface area contributed by atoms with E-state index in [1.54, 1.807) is 0 Å². The molecule has 0 atom stereocenters. The summed E-state index contributed by atoms with van der Waals surface area (Å²) in [6.07, 6.45) is 2.82. The molecule has 1 aliphatic rings. The number of nitrogens with zero attached hydrogens (tertiary/aromatic N) is 1. The summed E-state index contributed by atoms with van der Waals surface area (Å²) in [7, 11) is -3.09. The molecule has 0 radical (unpaired) electrons. The molecule has 0 saturated carbocycles. The maximum Gasteiger partial charge on any atom is 0.267 e. The van der Waals surface area contributed by atoms with Crippen molar-refractivity contribution >= 4 is 15.9 Å². The minimum Gasteiger partial charge on any atom is -0.354 e. The lowest BCUT2D eigenvalue weighted by molar-refractivity contribution is 0.0936. The zero-order valence-electron chi connectivity index (χ0n) is 12.8. The second-order valence-electron chi connectivity index (χ2n) is 5.83. The molecule has 1 saturated heterocycles. The second kappa shape index (κ2) is 6.19. The Morgan fingerprint density at radius 3 is 2.48 bits per heavy atom. The molecule has 1 aliphatic heterocycles. The van der Waals surface area contributed by atoms with Crippen LogP contribution in [0.15, 0.2) is 6.07 Å². The van der Waals surface area contributed by atoms with Crippen LogP contribution in [0.5, 0.6) is 0 Å². The van der Waals surface area contributed by atoms with Crippen LogP contribution in [0.2, 0.25) is 0 Å². The highest BCUT2D eigenvalue weighted by Crippen LogP contribution is 2.18. The number of aromatic nitrogens is 1. The van der Waals surface area contributed by atoms with Gasteiger partial charge in [-0.1, -0.05) is 0 Å². The topological polar surface area (TPSA) is 82.3 Å². The van der Waals surface area contributed by atoms with E-state index in [1.807, 2.05) is 19.9 Å². The molecule has 1 aromatic heterocycles. The van der Waals surface area contributed by atoms with Crippen LogP contribution in [0.3, 0.4) is 0 Å². The first kappa shape index (κ1) is 16.0. The number of H-pyrrole nitrogens is 1. The highest BCUT2D eigenvalue weighted by atomic mass is 32.2. The molecule has 7 heteroatoms. The van der Waals surface area contributed by atoms with Crippen molar-refractivity contribution in [2.24, 2.45) is 5.92 Å². The lowest BCUT2D eigenvalue weighted by Gasteiger charge is -2.30. The van der Waals surface area contributed by atoms with Gasteiger partial charge in [0.1, 0.15) is 5.69 Å². The SMILES string of the molecule is Cc1cc(C)c(C(=O)NCC2CCN(S(C)(=O)=O)CC2)[nH]1. The summed E-state index contributed by atoms with van der Waals surface area (Å²) >= 11 is 0. The summed E-state index contributed by atoms with van der Waals surface area (Å²) in [5.41, 5.74) is 2.53. The molecule has 0 bridgehead atoms. The maximum atomic E-state index is 12.1. The summed E-state index contributed by atoms with van der Waals surface area (Å²) in [4.78, 5) is 15.2. The molecule has 2 N–H and O–H groups in total. The molecular formula is C14H23N3O3S. The summed E-state index contributed by atoms with van der Waals surface area (Å²) < 4.78 is 24.4. The molecule has 21 heavy (non-hydrogen) atoms. The molecule has 0 aliphatic carbocycles. The van der Waals surface area contributed by atoms with E-state index in [0.717, 1.165) is 24.1 Å². The Labute approximate surface area is 126 Å². The van der Waals surface area contributed by atoms with Crippen LogP contribution in [-0.2, 0) is 10.0 Å². The third kappa shape index (κ3) is 4.07. The molecule has 0 spiro atoms. The van der Waals surface area contributed by atoms with Gasteiger partial charge in [0.05, 0.1) is 6.26 Å². The highest BCUT2D eigenvalue weighted by molar-refractivity contribution is 7.88. The smallest absolute Gasteiger partial charge is 0.267 e. The first-order valence-corrected chi connectivity index (χ1v) is 9.01. The van der Waals surface area contributed by atoms with Crippen molar-refractivity contribution in [3.8, 4) is 0 Å². The Morgan fingerprint density at radius 2 is 2.00 bits per heavy atom. The van der Waals surface area contributed by atoms with Gasteiger partial charge in [-0.05, 0) is 44.2 Å². The van der Waals surface area contributed by atoms with Gasteiger partial charge in [-0.2, -0.15) is 0 Å². The number of sulfonamides is 1. The zero-order valence-corrected chi connectivity index (χ0v) is 13.6. The number of piperidine rings is 1. The van der Waals surface area contributed by atoms with Gasteiger partial charge in [-0.15, -0.1) is 0 Å². The first-order chi connectivity index (χ1) is 9.77. The molecule has 1 aromatic rings. The Bertz CT molecular complexity index is 613. The van der Waals surface area contributed by atoms with Gasteiger partial charge in [0.15, 0.2) is 0 Å². The van der Waals surface area contributed by atoms with Crippen LogP contribution in [0.1, 0.15) is 34.6 Å². The Morgan fingerprint density at radius 1 is 1.38 bits per heavy atom. The number of hydrogen-bond donors (Lipinski definition) is 2.